The molecule has 7 unspecified atom stereocenters. The standard InChI is InChI=1S/C86H130N14O20/c1-55-20-9-8-10-21-56(2)70(111-6)51-63-23-19-31-86(110,120-63)80(107)83(108)99-35-16-13-24-66(99)84(109)118-71(52-67(101)57(3)47-59(5)78(105)79(106)77(104)58(4)46-55)64(87)48-60-27-29-69(72(49-60)112-7)117-37-18-14-22-62(97-90)53-91-33-38-113-40-42-115-44-45-116-43-41-114-39-34-93-74(103)26-12-11-25-73(102)92-32-15-17-36-100-82-75(81(88)94-54-95-82)76(98-100)61-28-30-68-65(50-61)96-85(89)119-68/h8-10,20-21,28,30,47,50,53-55,57-58,60,63-64,66,69-72,78-79,90-91,105-106,110H,11-19,22-27,29,31-46,48-49,51-52,87H2,1-7H3,(H2,89,96)(H,92,102)(H,93,103)(H2,88,94,95)/b10-8+,20-9+,56-21+,59-47+,62-53-,97-90?/t55?,57?,58?,60?,63-,64+,66-,69?,70?,71?,72+,78+,79-,86+/m0/s1. The zero-order chi connectivity index (χ0) is 86.5. The topological polar surface area (TPSA) is 486 Å². The SMILES string of the molecule is COC1C[C@@H]2CCC[C@@](O)(O2)C(=O)C(=O)N2CCCC[C@H]2C(=O)OC([C@H](N)CC2CCC(OCCCC/C(=C/NCCOCCOCCOCCOCCNC(=O)CCCCC(=O)NCCCCn3nc(-c4ccc5oc(N)nc5c4)c4c(N)ncnc43)N=N)[C@H](OC)C2)CC(=O)C(C)/C=C(\C)[C@@H](O)[C@@H](O)C(=O)C(C)CC(C)/C=C/C=C/C=C/1C. The largest absolute Gasteiger partial charge is 0.459 e. The van der Waals surface area contributed by atoms with Crippen molar-refractivity contribution in [2.75, 3.05) is 111 Å². The Balaban J connectivity index is 0.666. The highest BCUT2D eigenvalue weighted by Crippen LogP contribution is 2.37. The van der Waals surface area contributed by atoms with E-state index in [-0.39, 0.29) is 79.7 Å². The van der Waals surface area contributed by atoms with Crippen molar-refractivity contribution in [1.82, 2.24) is 45.6 Å². The van der Waals surface area contributed by atoms with Crippen molar-refractivity contribution < 1.29 is 95.9 Å². The number of aryl methyl sites for hydroxylation is 1. The lowest BCUT2D eigenvalue weighted by Gasteiger charge is -2.40. The molecular formula is C86H130N14O20. The number of methoxy groups -OCH3 is 2. The number of unbranched alkanes of at least 4 members (excludes halogenated alkanes) is 3. The van der Waals surface area contributed by atoms with Gasteiger partial charge in [-0.25, -0.2) is 25.0 Å². The minimum absolute atomic E-state index is 0.0231. The van der Waals surface area contributed by atoms with Gasteiger partial charge in [0.2, 0.25) is 17.6 Å². The molecule has 4 aromatic rings. The van der Waals surface area contributed by atoms with Crippen molar-refractivity contribution >= 4 is 75.0 Å². The summed E-state index contributed by atoms with van der Waals surface area (Å²) in [6, 6.07) is 3.40. The number of oxazole rings is 1. The number of hydrogen-bond acceptors (Lipinski definition) is 30. The third-order valence-electron chi connectivity index (χ3n) is 22.5. The molecule has 4 aliphatic rings. The number of benzene rings is 1. The number of cyclic esters (lactones) is 1. The van der Waals surface area contributed by atoms with Crippen LogP contribution in [0.25, 0.3) is 33.4 Å². The van der Waals surface area contributed by atoms with Gasteiger partial charge in [0.1, 0.15) is 53.5 Å². The number of esters is 1. The van der Waals surface area contributed by atoms with Crippen molar-refractivity contribution in [2.45, 2.75) is 243 Å². The third-order valence-corrected chi connectivity index (χ3v) is 22.5. The molecule has 8 rings (SSSR count). The van der Waals surface area contributed by atoms with Crippen LogP contribution in [0.3, 0.4) is 0 Å². The number of Topliss-reactive ketones (excluding diaryl/α,β-unsaturated/α-hetero) is 3. The maximum Gasteiger partial charge on any atom is 0.329 e. The normalized spacial score (nSPS) is 26.8. The molecule has 2 bridgehead atoms. The number of rotatable bonds is 39. The number of aliphatic hydroxyl groups is 3. The van der Waals surface area contributed by atoms with Crippen molar-refractivity contribution in [3.8, 4) is 11.3 Å². The van der Waals surface area contributed by atoms with Crippen molar-refractivity contribution in [3.05, 3.63) is 84.0 Å². The first-order valence-electron chi connectivity index (χ1n) is 42.6. The molecule has 6 heterocycles. The fraction of sp³-hybridized carbons (Fsp3) is 0.663. The van der Waals surface area contributed by atoms with Crippen molar-refractivity contribution in [3.63, 3.8) is 0 Å². The summed E-state index contributed by atoms with van der Waals surface area (Å²) in [5.41, 5.74) is 31.6. The van der Waals surface area contributed by atoms with Crippen LogP contribution in [0.15, 0.2) is 93.6 Å². The lowest BCUT2D eigenvalue weighted by Crippen LogP contribution is -2.58. The molecule has 14 atom stereocenters. The number of allylic oxidation sites excluding steroid dienone is 7. The van der Waals surface area contributed by atoms with E-state index in [1.807, 2.05) is 56.4 Å². The van der Waals surface area contributed by atoms with Crippen LogP contribution in [0.5, 0.6) is 0 Å². The van der Waals surface area contributed by atoms with Gasteiger partial charge in [0.15, 0.2) is 17.0 Å². The Morgan fingerprint density at radius 1 is 0.767 bits per heavy atom. The van der Waals surface area contributed by atoms with E-state index in [0.29, 0.717) is 228 Å². The minimum Gasteiger partial charge on any atom is -0.459 e. The number of fused-ring (bicyclic) bond motifs is 5. The molecule has 120 heavy (non-hydrogen) atoms. The first-order chi connectivity index (χ1) is 57.8. The Bertz CT molecular complexity index is 4110. The van der Waals surface area contributed by atoms with Crippen LogP contribution in [0.2, 0.25) is 0 Å². The highest BCUT2D eigenvalue weighted by atomic mass is 16.6. The predicted molar refractivity (Wildman–Crippen MR) is 448 cm³/mol. The number of ketones is 3. The first kappa shape index (κ1) is 96.8. The van der Waals surface area contributed by atoms with E-state index in [2.05, 4.69) is 36.0 Å². The number of carbonyl (C=O) groups is 7. The number of anilines is 2. The van der Waals surface area contributed by atoms with E-state index in [1.165, 1.54) is 19.3 Å². The molecule has 3 fully saturated rings. The highest BCUT2D eigenvalue weighted by molar-refractivity contribution is 6.39. The number of amides is 3. The number of ether oxygens (including phenoxy) is 9. The van der Waals surface area contributed by atoms with Gasteiger partial charge in [-0.15, -0.1) is 0 Å². The third kappa shape index (κ3) is 30.4. The molecule has 664 valence electrons. The van der Waals surface area contributed by atoms with Crippen LogP contribution in [0.4, 0.5) is 11.8 Å². The average Bonchev–Trinajstić information content (AvgIpc) is 1.61. The van der Waals surface area contributed by atoms with E-state index in [1.54, 1.807) is 45.0 Å². The predicted octanol–water partition coefficient (Wildman–Crippen LogP) is 8.08. The number of aromatic nitrogens is 5. The van der Waals surface area contributed by atoms with Gasteiger partial charge >= 0.3 is 5.97 Å². The monoisotopic (exact) mass is 1680 g/mol. The number of nitrogens with two attached hydrogens (primary N) is 3. The van der Waals surface area contributed by atoms with E-state index < -0.39 is 89.5 Å². The molecule has 1 saturated carbocycles. The van der Waals surface area contributed by atoms with Gasteiger partial charge in [0.05, 0.1) is 88.4 Å². The quantitative estimate of drug-likeness (QED) is 0.00663. The molecule has 13 N–H and O–H groups in total. The fourth-order valence-electron chi connectivity index (χ4n) is 15.6. The summed E-state index contributed by atoms with van der Waals surface area (Å²) in [4.78, 5) is 110. The van der Waals surface area contributed by atoms with Crippen LogP contribution in [-0.2, 0) is 82.7 Å². The second-order valence-electron chi connectivity index (χ2n) is 31.9. The van der Waals surface area contributed by atoms with Gasteiger partial charge < -0.3 is 100 Å². The summed E-state index contributed by atoms with van der Waals surface area (Å²) in [5.74, 6) is -8.02. The second-order valence-corrected chi connectivity index (χ2v) is 31.9. The summed E-state index contributed by atoms with van der Waals surface area (Å²) in [7, 11) is 3.17. The Morgan fingerprint density at radius 2 is 1.48 bits per heavy atom. The number of carbonyl (C=O) groups excluding carboxylic acids is 7. The van der Waals surface area contributed by atoms with Gasteiger partial charge in [-0.2, -0.15) is 15.2 Å². The molecule has 34 heteroatoms. The Labute approximate surface area is 703 Å². The maximum atomic E-state index is 14.6. The van der Waals surface area contributed by atoms with Crippen LogP contribution in [0, 0.1) is 29.2 Å². The molecule has 0 spiro atoms. The van der Waals surface area contributed by atoms with Gasteiger partial charge in [-0.1, -0.05) is 57.2 Å². The average molecular weight is 1680 g/mol. The number of piperidine rings is 1. The van der Waals surface area contributed by atoms with Gasteiger partial charge in [-0.05, 0) is 164 Å². The number of aliphatic hydroxyl groups excluding tert-OH is 2. The summed E-state index contributed by atoms with van der Waals surface area (Å²) >= 11 is 0. The van der Waals surface area contributed by atoms with E-state index in [9.17, 15) is 48.9 Å². The van der Waals surface area contributed by atoms with Crippen molar-refractivity contribution in [1.29, 1.82) is 5.53 Å². The fourth-order valence-corrected chi connectivity index (χ4v) is 15.6. The summed E-state index contributed by atoms with van der Waals surface area (Å²) < 4.78 is 60.2. The molecular weight excluding hydrogens is 1550 g/mol. The Morgan fingerprint density at radius 3 is 2.19 bits per heavy atom. The Kier molecular flexibility index (Phi) is 40.9. The van der Waals surface area contributed by atoms with Crippen LogP contribution in [-0.4, -0.2) is 246 Å². The summed E-state index contributed by atoms with van der Waals surface area (Å²) in [5, 5.41) is 52.4. The van der Waals surface area contributed by atoms with Gasteiger partial charge in [0.25, 0.3) is 17.7 Å². The lowest BCUT2D eigenvalue weighted by molar-refractivity contribution is -0.245. The smallest absolute Gasteiger partial charge is 0.329 e. The molecule has 3 amide bonds. The minimum atomic E-state index is -2.45. The van der Waals surface area contributed by atoms with Crippen molar-refractivity contribution in [2.24, 2.45) is 34.5 Å². The summed E-state index contributed by atoms with van der Waals surface area (Å²) in [6.45, 7) is 14.1. The summed E-state index contributed by atoms with van der Waals surface area (Å²) in [6.07, 6.45) is 17.3. The molecule has 1 aromatic carbocycles. The first-order valence-corrected chi connectivity index (χ1v) is 42.6. The highest BCUT2D eigenvalue weighted by Gasteiger charge is 2.50. The maximum absolute atomic E-state index is 14.6. The molecule has 1 aliphatic carbocycles. The van der Waals surface area contributed by atoms with Crippen LogP contribution in [0.1, 0.15) is 176 Å². The number of nitrogens with one attached hydrogen (secondary N) is 4. The number of nitrogens with zero attached hydrogens (tertiary/aromatic N) is 7. The van der Waals surface area contributed by atoms with E-state index >= 15 is 0 Å². The number of nitrogen functional groups attached to an aromatic ring is 2. The second kappa shape index (κ2) is 50.7. The van der Waals surface area contributed by atoms with E-state index in [4.69, 9.17) is 74.9 Å². The van der Waals surface area contributed by atoms with E-state index in [0.717, 1.165) is 28.9 Å². The van der Waals surface area contributed by atoms with Gasteiger partial charge in [0, 0.05) is 115 Å². The van der Waals surface area contributed by atoms with Gasteiger partial charge in [-0.3, -0.25) is 28.8 Å². The molecule has 34 nitrogen and oxygen atoms in total. The molecule has 3 aliphatic heterocycles. The molecule has 2 saturated heterocycles. The molecule has 0 radical (unpaired) electrons. The Hall–Kier alpha value is -8.65. The zero-order valence-corrected chi connectivity index (χ0v) is 71.0. The van der Waals surface area contributed by atoms with Crippen LogP contribution >= 0.6 is 0 Å². The lowest BCUT2D eigenvalue weighted by atomic mass is 9.80. The van der Waals surface area contributed by atoms with Crippen LogP contribution < -0.4 is 33.2 Å². The zero-order valence-electron chi connectivity index (χ0n) is 71.0. The number of hydrogen-bond donors (Lipinski definition) is 10. The molecule has 3 aromatic heterocycles.